The van der Waals surface area contributed by atoms with Crippen molar-refractivity contribution in [3.8, 4) is 0 Å². The maximum atomic E-state index is 10.6. The van der Waals surface area contributed by atoms with E-state index in [1.54, 1.807) is 7.05 Å². The van der Waals surface area contributed by atoms with Gasteiger partial charge in [0.25, 0.3) is 0 Å². The molecule has 0 spiro atoms. The zero-order valence-corrected chi connectivity index (χ0v) is 5.26. The molecule has 0 aromatic carbocycles. The molecule has 8 heavy (non-hydrogen) atoms. The topological polar surface area (TPSA) is 26.3 Å². The number of rotatable bonds is 1. The van der Waals surface area contributed by atoms with Gasteiger partial charge >= 0.3 is 0 Å². The Bertz CT molecular complexity index is 66.9. The SMILES string of the molecule is CN([O-])C1CCCC1. The lowest BCUT2D eigenvalue weighted by atomic mass is 10.3. The van der Waals surface area contributed by atoms with Crippen molar-refractivity contribution in [2.45, 2.75) is 31.7 Å². The van der Waals surface area contributed by atoms with Crippen LogP contribution in [0.4, 0.5) is 0 Å². The van der Waals surface area contributed by atoms with Crippen LogP contribution in [0.1, 0.15) is 25.7 Å². The Morgan fingerprint density at radius 3 is 2.12 bits per heavy atom. The van der Waals surface area contributed by atoms with E-state index in [9.17, 15) is 5.21 Å². The normalized spacial score (nSPS) is 22.9. The van der Waals surface area contributed by atoms with Gasteiger partial charge in [-0.05, 0) is 25.9 Å². The minimum absolute atomic E-state index is 0.343. The average Bonchev–Trinajstić information content (AvgIpc) is 2.12. The second kappa shape index (κ2) is 2.46. The molecule has 0 bridgehead atoms. The summed E-state index contributed by atoms with van der Waals surface area (Å²) in [6, 6.07) is 0.343. The number of hydrogen-bond donors (Lipinski definition) is 0. The summed E-state index contributed by atoms with van der Waals surface area (Å²) in [6.45, 7) is 0. The first-order valence-corrected chi connectivity index (χ1v) is 3.20. The molecule has 1 aliphatic rings. The average molecular weight is 114 g/mol. The molecule has 0 heterocycles. The molecule has 1 saturated carbocycles. The van der Waals surface area contributed by atoms with Gasteiger partial charge < -0.3 is 10.3 Å². The van der Waals surface area contributed by atoms with Crippen LogP contribution in [0.5, 0.6) is 0 Å². The maximum absolute atomic E-state index is 10.6. The van der Waals surface area contributed by atoms with E-state index in [0.29, 0.717) is 6.04 Å². The Labute approximate surface area is 50.1 Å². The van der Waals surface area contributed by atoms with Crippen molar-refractivity contribution < 1.29 is 0 Å². The number of hydroxylamine groups is 2. The lowest BCUT2D eigenvalue weighted by molar-refractivity contribution is 0.336. The van der Waals surface area contributed by atoms with Gasteiger partial charge in [-0.25, -0.2) is 0 Å². The zero-order chi connectivity index (χ0) is 5.98. The summed E-state index contributed by atoms with van der Waals surface area (Å²) < 4.78 is 0. The molecule has 0 unspecified atom stereocenters. The highest BCUT2D eigenvalue weighted by Gasteiger charge is 2.12. The molecular weight excluding hydrogens is 102 g/mol. The van der Waals surface area contributed by atoms with Crippen LogP contribution >= 0.6 is 0 Å². The van der Waals surface area contributed by atoms with E-state index in [2.05, 4.69) is 0 Å². The molecule has 1 fully saturated rings. The van der Waals surface area contributed by atoms with Crippen molar-refractivity contribution in [1.29, 1.82) is 0 Å². The summed E-state index contributed by atoms with van der Waals surface area (Å²) in [7, 11) is 1.62. The van der Waals surface area contributed by atoms with E-state index in [4.69, 9.17) is 0 Å². The van der Waals surface area contributed by atoms with Crippen molar-refractivity contribution >= 4 is 0 Å². The van der Waals surface area contributed by atoms with Crippen LogP contribution in [0.25, 0.3) is 0 Å². The van der Waals surface area contributed by atoms with Gasteiger partial charge in [-0.2, -0.15) is 0 Å². The third-order valence-electron chi connectivity index (χ3n) is 1.84. The highest BCUT2D eigenvalue weighted by molar-refractivity contribution is 4.74. The lowest BCUT2D eigenvalue weighted by Gasteiger charge is -2.29. The van der Waals surface area contributed by atoms with E-state index >= 15 is 0 Å². The Morgan fingerprint density at radius 1 is 1.38 bits per heavy atom. The fourth-order valence-corrected chi connectivity index (χ4v) is 1.27. The molecule has 0 radical (unpaired) electrons. The third kappa shape index (κ3) is 1.20. The summed E-state index contributed by atoms with van der Waals surface area (Å²) in [5, 5.41) is 11.7. The molecule has 2 heteroatoms. The Morgan fingerprint density at radius 2 is 1.88 bits per heavy atom. The summed E-state index contributed by atoms with van der Waals surface area (Å²) in [5.41, 5.74) is 0. The van der Waals surface area contributed by atoms with Gasteiger partial charge in [-0.3, -0.25) is 0 Å². The van der Waals surface area contributed by atoms with Crippen LogP contribution in [0.2, 0.25) is 0 Å². The molecule has 0 aromatic heterocycles. The smallest absolute Gasteiger partial charge is 0.00282 e. The van der Waals surface area contributed by atoms with Crippen LogP contribution in [0.15, 0.2) is 0 Å². The molecule has 0 aliphatic heterocycles. The minimum Gasteiger partial charge on any atom is -0.785 e. The van der Waals surface area contributed by atoms with Crippen LogP contribution in [-0.2, 0) is 0 Å². The minimum atomic E-state index is 0.343. The molecule has 0 atom stereocenters. The molecule has 0 aromatic rings. The Kier molecular flexibility index (Phi) is 1.86. The van der Waals surface area contributed by atoms with Gasteiger partial charge in [-0.1, -0.05) is 12.8 Å². The van der Waals surface area contributed by atoms with E-state index in [1.165, 1.54) is 12.8 Å². The van der Waals surface area contributed by atoms with Gasteiger partial charge in [0.05, 0.1) is 0 Å². The van der Waals surface area contributed by atoms with Crippen molar-refractivity contribution in [3.05, 3.63) is 5.21 Å². The van der Waals surface area contributed by atoms with Crippen LogP contribution < -0.4 is 0 Å². The number of nitrogens with zero attached hydrogens (tertiary/aromatic N) is 1. The zero-order valence-electron chi connectivity index (χ0n) is 5.26. The first-order chi connectivity index (χ1) is 3.80. The van der Waals surface area contributed by atoms with Crippen LogP contribution in [-0.4, -0.2) is 18.2 Å². The van der Waals surface area contributed by atoms with Crippen molar-refractivity contribution in [3.63, 3.8) is 0 Å². The fraction of sp³-hybridized carbons (Fsp3) is 1.00. The Hall–Kier alpha value is -0.0800. The lowest BCUT2D eigenvalue weighted by Crippen LogP contribution is -2.22. The molecule has 0 saturated heterocycles. The molecule has 0 N–H and O–H groups in total. The summed E-state index contributed by atoms with van der Waals surface area (Å²) >= 11 is 0. The highest BCUT2D eigenvalue weighted by Crippen LogP contribution is 2.21. The first kappa shape index (κ1) is 6.05. The predicted octanol–water partition coefficient (Wildman–Crippen LogP) is 1.36. The fourth-order valence-electron chi connectivity index (χ4n) is 1.27. The van der Waals surface area contributed by atoms with E-state index < -0.39 is 0 Å². The summed E-state index contributed by atoms with van der Waals surface area (Å²) in [5.74, 6) is 0. The van der Waals surface area contributed by atoms with Gasteiger partial charge in [0.15, 0.2) is 0 Å². The highest BCUT2D eigenvalue weighted by atomic mass is 16.5. The molecule has 2 nitrogen and oxygen atoms in total. The van der Waals surface area contributed by atoms with Crippen LogP contribution in [0, 0.1) is 5.21 Å². The van der Waals surface area contributed by atoms with Crippen molar-refractivity contribution in [2.24, 2.45) is 0 Å². The van der Waals surface area contributed by atoms with Gasteiger partial charge in [0, 0.05) is 0 Å². The quantitative estimate of drug-likeness (QED) is 0.481. The second-order valence-electron chi connectivity index (χ2n) is 2.48. The monoisotopic (exact) mass is 114 g/mol. The predicted molar refractivity (Wildman–Crippen MR) is 33.4 cm³/mol. The van der Waals surface area contributed by atoms with Gasteiger partial charge in [0.1, 0.15) is 0 Å². The standard InChI is InChI=1S/C6H12NO/c1-7(8)6-4-2-3-5-6/h6H,2-5H2,1H3/q-1. The molecule has 48 valence electrons. The first-order valence-electron chi connectivity index (χ1n) is 3.20. The molecule has 1 rings (SSSR count). The summed E-state index contributed by atoms with van der Waals surface area (Å²) in [4.78, 5) is 0. The second-order valence-corrected chi connectivity index (χ2v) is 2.48. The van der Waals surface area contributed by atoms with Gasteiger partial charge in [0.2, 0.25) is 0 Å². The number of hydrogen-bond acceptors (Lipinski definition) is 2. The molecular formula is C6H12NO-. The summed E-state index contributed by atoms with van der Waals surface area (Å²) in [6.07, 6.45) is 4.72. The van der Waals surface area contributed by atoms with E-state index in [1.807, 2.05) is 0 Å². The van der Waals surface area contributed by atoms with E-state index in [-0.39, 0.29) is 0 Å². The molecule has 1 aliphatic carbocycles. The van der Waals surface area contributed by atoms with Gasteiger partial charge in [-0.15, -0.1) is 0 Å². The largest absolute Gasteiger partial charge is 0.785 e. The Balaban J connectivity index is 2.24. The van der Waals surface area contributed by atoms with Crippen molar-refractivity contribution in [2.75, 3.05) is 7.05 Å². The van der Waals surface area contributed by atoms with E-state index in [0.717, 1.165) is 17.9 Å². The van der Waals surface area contributed by atoms with Crippen LogP contribution in [0.3, 0.4) is 0 Å². The maximum Gasteiger partial charge on any atom is -0.00282 e. The van der Waals surface area contributed by atoms with Crippen molar-refractivity contribution in [1.82, 2.24) is 5.06 Å². The molecule has 0 amide bonds. The third-order valence-corrected chi connectivity index (χ3v) is 1.84.